The number of rotatable bonds is 7. The molecule has 0 saturated carbocycles. The van der Waals surface area contributed by atoms with Gasteiger partial charge >= 0.3 is 0 Å². The van der Waals surface area contributed by atoms with E-state index in [1.54, 1.807) is 6.07 Å². The molecule has 2 aromatic carbocycles. The molecule has 0 heterocycles. The van der Waals surface area contributed by atoms with Gasteiger partial charge in [-0.1, -0.05) is 43.3 Å². The quantitative estimate of drug-likeness (QED) is 0.845. The molecule has 1 atom stereocenters. The SMILES string of the molecule is C[C@@H](Cc1cccc(F)c1)C(=O)NCc1cccc(CN(C)C)c1. The number of nitrogens with zero attached hydrogens (tertiary/aromatic N) is 1. The van der Waals surface area contributed by atoms with E-state index < -0.39 is 0 Å². The number of benzene rings is 2. The third-order valence-corrected chi connectivity index (χ3v) is 3.84. The zero-order chi connectivity index (χ0) is 17.5. The molecule has 3 nitrogen and oxygen atoms in total. The van der Waals surface area contributed by atoms with Crippen LogP contribution in [0.3, 0.4) is 0 Å². The maximum absolute atomic E-state index is 13.2. The van der Waals surface area contributed by atoms with Crippen LogP contribution in [0.5, 0.6) is 0 Å². The summed E-state index contributed by atoms with van der Waals surface area (Å²) in [5.74, 6) is -0.480. The summed E-state index contributed by atoms with van der Waals surface area (Å²) < 4.78 is 13.2. The van der Waals surface area contributed by atoms with Crippen LogP contribution in [-0.4, -0.2) is 24.9 Å². The monoisotopic (exact) mass is 328 g/mol. The predicted molar refractivity (Wildman–Crippen MR) is 94.9 cm³/mol. The van der Waals surface area contributed by atoms with Crippen molar-refractivity contribution in [3.8, 4) is 0 Å². The van der Waals surface area contributed by atoms with Gasteiger partial charge in [-0.3, -0.25) is 4.79 Å². The van der Waals surface area contributed by atoms with Crippen molar-refractivity contribution >= 4 is 5.91 Å². The van der Waals surface area contributed by atoms with Crippen LogP contribution < -0.4 is 5.32 Å². The van der Waals surface area contributed by atoms with Crippen LogP contribution in [-0.2, 0) is 24.3 Å². The van der Waals surface area contributed by atoms with Gasteiger partial charge in [-0.25, -0.2) is 4.39 Å². The summed E-state index contributed by atoms with van der Waals surface area (Å²) in [6, 6.07) is 14.6. The Kier molecular flexibility index (Phi) is 6.50. The molecule has 0 unspecified atom stereocenters. The Morgan fingerprint density at radius 1 is 1.08 bits per heavy atom. The van der Waals surface area contributed by atoms with E-state index in [0.717, 1.165) is 17.7 Å². The zero-order valence-corrected chi connectivity index (χ0v) is 14.6. The number of hydrogen-bond acceptors (Lipinski definition) is 2. The Balaban J connectivity index is 1.88. The van der Waals surface area contributed by atoms with E-state index >= 15 is 0 Å². The van der Waals surface area contributed by atoms with Crippen LogP contribution >= 0.6 is 0 Å². The number of halogens is 1. The first kappa shape index (κ1) is 18.1. The molecule has 0 saturated heterocycles. The first-order valence-electron chi connectivity index (χ1n) is 8.18. The van der Waals surface area contributed by atoms with Gasteiger partial charge in [-0.15, -0.1) is 0 Å². The second-order valence-electron chi connectivity index (χ2n) is 6.51. The zero-order valence-electron chi connectivity index (χ0n) is 14.6. The number of amides is 1. The summed E-state index contributed by atoms with van der Waals surface area (Å²) in [6.45, 7) is 3.24. The van der Waals surface area contributed by atoms with Gasteiger partial charge < -0.3 is 10.2 Å². The van der Waals surface area contributed by atoms with Crippen molar-refractivity contribution in [1.82, 2.24) is 10.2 Å². The lowest BCUT2D eigenvalue weighted by Crippen LogP contribution is -2.29. The minimum atomic E-state index is -0.266. The van der Waals surface area contributed by atoms with Gasteiger partial charge in [0.1, 0.15) is 5.82 Å². The van der Waals surface area contributed by atoms with E-state index in [0.29, 0.717) is 13.0 Å². The van der Waals surface area contributed by atoms with E-state index in [4.69, 9.17) is 0 Å². The molecule has 0 aliphatic carbocycles. The van der Waals surface area contributed by atoms with E-state index in [-0.39, 0.29) is 17.6 Å². The maximum Gasteiger partial charge on any atom is 0.223 e. The molecule has 0 radical (unpaired) electrons. The highest BCUT2D eigenvalue weighted by atomic mass is 19.1. The van der Waals surface area contributed by atoms with Crippen molar-refractivity contribution < 1.29 is 9.18 Å². The van der Waals surface area contributed by atoms with Crippen molar-refractivity contribution in [2.45, 2.75) is 26.4 Å². The Morgan fingerprint density at radius 2 is 1.75 bits per heavy atom. The summed E-state index contributed by atoms with van der Waals surface area (Å²) in [4.78, 5) is 14.4. The Morgan fingerprint density at radius 3 is 2.46 bits per heavy atom. The molecule has 2 rings (SSSR count). The molecule has 0 aromatic heterocycles. The van der Waals surface area contributed by atoms with E-state index in [9.17, 15) is 9.18 Å². The molecular weight excluding hydrogens is 303 g/mol. The Hall–Kier alpha value is -2.20. The number of hydrogen-bond donors (Lipinski definition) is 1. The van der Waals surface area contributed by atoms with Gasteiger partial charge in [0, 0.05) is 19.0 Å². The highest BCUT2D eigenvalue weighted by Gasteiger charge is 2.13. The van der Waals surface area contributed by atoms with Gasteiger partial charge in [-0.05, 0) is 49.3 Å². The fourth-order valence-corrected chi connectivity index (χ4v) is 2.68. The van der Waals surface area contributed by atoms with Crippen LogP contribution in [0.25, 0.3) is 0 Å². The Bertz CT molecular complexity index is 685. The fourth-order valence-electron chi connectivity index (χ4n) is 2.68. The molecule has 2 aromatic rings. The van der Waals surface area contributed by atoms with Gasteiger partial charge in [0.05, 0.1) is 0 Å². The van der Waals surface area contributed by atoms with Crippen molar-refractivity contribution in [2.24, 2.45) is 5.92 Å². The smallest absolute Gasteiger partial charge is 0.223 e. The summed E-state index contributed by atoms with van der Waals surface area (Å²) in [5.41, 5.74) is 3.14. The van der Waals surface area contributed by atoms with Crippen LogP contribution in [0.1, 0.15) is 23.6 Å². The maximum atomic E-state index is 13.2. The predicted octanol–water partition coefficient (Wildman–Crippen LogP) is 3.38. The minimum Gasteiger partial charge on any atom is -0.352 e. The summed E-state index contributed by atoms with van der Waals surface area (Å²) in [6.07, 6.45) is 0.532. The normalized spacial score (nSPS) is 12.2. The second-order valence-corrected chi connectivity index (χ2v) is 6.51. The first-order valence-corrected chi connectivity index (χ1v) is 8.18. The lowest BCUT2D eigenvalue weighted by Gasteiger charge is -2.14. The fraction of sp³-hybridized carbons (Fsp3) is 0.350. The number of carbonyl (C=O) groups excluding carboxylic acids is 1. The van der Waals surface area contributed by atoms with Crippen molar-refractivity contribution in [3.63, 3.8) is 0 Å². The molecule has 128 valence electrons. The topological polar surface area (TPSA) is 32.3 Å². The van der Waals surface area contributed by atoms with Crippen LogP contribution in [0.2, 0.25) is 0 Å². The molecule has 1 amide bonds. The number of nitrogens with one attached hydrogen (secondary N) is 1. The van der Waals surface area contributed by atoms with E-state index in [2.05, 4.69) is 22.3 Å². The Labute approximate surface area is 143 Å². The van der Waals surface area contributed by atoms with Crippen molar-refractivity contribution in [1.29, 1.82) is 0 Å². The molecule has 24 heavy (non-hydrogen) atoms. The van der Waals surface area contributed by atoms with E-state index in [1.165, 1.54) is 17.7 Å². The van der Waals surface area contributed by atoms with Gasteiger partial charge in [-0.2, -0.15) is 0 Å². The summed E-state index contributed by atoms with van der Waals surface area (Å²) in [5, 5.41) is 2.97. The molecule has 4 heteroatoms. The van der Waals surface area contributed by atoms with Gasteiger partial charge in [0.25, 0.3) is 0 Å². The van der Waals surface area contributed by atoms with Crippen molar-refractivity contribution in [3.05, 3.63) is 71.0 Å². The second kappa shape index (κ2) is 8.60. The average Bonchev–Trinajstić information content (AvgIpc) is 2.52. The van der Waals surface area contributed by atoms with Gasteiger partial charge in [0.2, 0.25) is 5.91 Å². The lowest BCUT2D eigenvalue weighted by atomic mass is 10.00. The highest BCUT2D eigenvalue weighted by Crippen LogP contribution is 2.11. The van der Waals surface area contributed by atoms with Crippen LogP contribution in [0.15, 0.2) is 48.5 Å². The molecule has 0 bridgehead atoms. The van der Waals surface area contributed by atoms with Gasteiger partial charge in [0.15, 0.2) is 0 Å². The molecule has 0 aliphatic rings. The van der Waals surface area contributed by atoms with Crippen LogP contribution in [0.4, 0.5) is 4.39 Å². The van der Waals surface area contributed by atoms with Crippen LogP contribution in [0, 0.1) is 11.7 Å². The highest BCUT2D eigenvalue weighted by molar-refractivity contribution is 5.78. The third-order valence-electron chi connectivity index (χ3n) is 3.84. The largest absolute Gasteiger partial charge is 0.352 e. The number of carbonyl (C=O) groups is 1. The minimum absolute atomic E-state index is 0.0164. The first-order chi connectivity index (χ1) is 11.4. The summed E-state index contributed by atoms with van der Waals surface area (Å²) >= 11 is 0. The average molecular weight is 328 g/mol. The lowest BCUT2D eigenvalue weighted by molar-refractivity contribution is -0.124. The standard InChI is InChI=1S/C20H25FN2O/c1-15(10-16-6-5-9-19(21)12-16)20(24)22-13-17-7-4-8-18(11-17)14-23(2)3/h4-9,11-12,15H,10,13-14H2,1-3H3,(H,22,24)/t15-/m0/s1. The molecule has 0 spiro atoms. The molecule has 1 N–H and O–H groups in total. The summed E-state index contributed by atoms with van der Waals surface area (Å²) in [7, 11) is 4.06. The van der Waals surface area contributed by atoms with E-state index in [1.807, 2.05) is 39.2 Å². The molecule has 0 aliphatic heterocycles. The third kappa shape index (κ3) is 5.78. The molecule has 0 fully saturated rings. The van der Waals surface area contributed by atoms with Crippen molar-refractivity contribution in [2.75, 3.05) is 14.1 Å². The molecular formula is C20H25FN2O.